The van der Waals surface area contributed by atoms with Gasteiger partial charge in [0.1, 0.15) is 12.4 Å². The van der Waals surface area contributed by atoms with Gasteiger partial charge >= 0.3 is 0 Å². The number of hydrogen-bond donors (Lipinski definition) is 2. The van der Waals surface area contributed by atoms with E-state index in [2.05, 4.69) is 36.5 Å². The summed E-state index contributed by atoms with van der Waals surface area (Å²) in [6, 6.07) is 5.80. The molecule has 1 aliphatic rings. The number of nitrogens with zero attached hydrogens (tertiary/aromatic N) is 4. The Balaban J connectivity index is 1.57. The molecule has 10 heteroatoms. The van der Waals surface area contributed by atoms with Crippen LogP contribution in [0.3, 0.4) is 0 Å². The zero-order valence-corrected chi connectivity index (χ0v) is 21.1. The molecule has 1 aromatic carbocycles. The summed E-state index contributed by atoms with van der Waals surface area (Å²) < 4.78 is 22.5. The smallest absolute Gasteiger partial charge is 0.238 e. The van der Waals surface area contributed by atoms with Crippen LogP contribution in [-0.4, -0.2) is 27.5 Å². The first-order valence-corrected chi connectivity index (χ1v) is 12.1. The highest BCUT2D eigenvalue weighted by molar-refractivity contribution is 9.10. The number of aryl methyl sites for hydroxylation is 1. The predicted molar refractivity (Wildman–Crippen MR) is 135 cm³/mol. The summed E-state index contributed by atoms with van der Waals surface area (Å²) in [6.45, 7) is 2.83. The SMILES string of the molecule is CN/C=C(/Cc1cn(CC2CC2)nc1C)C(=N)c1ccc(F)cc1COc1cc(Br)cnc1N=O. The van der Waals surface area contributed by atoms with Crippen LogP contribution >= 0.6 is 15.9 Å². The number of hydrogen-bond acceptors (Lipinski definition) is 7. The molecule has 0 atom stereocenters. The highest BCUT2D eigenvalue weighted by atomic mass is 79.9. The molecule has 4 rings (SSSR count). The molecule has 1 saturated carbocycles. The molecule has 0 unspecified atom stereocenters. The Morgan fingerprint density at radius 3 is 2.89 bits per heavy atom. The maximum Gasteiger partial charge on any atom is 0.238 e. The van der Waals surface area contributed by atoms with Gasteiger partial charge in [-0.2, -0.15) is 5.10 Å². The van der Waals surface area contributed by atoms with Gasteiger partial charge in [-0.05, 0) is 82.2 Å². The molecule has 0 radical (unpaired) electrons. The third-order valence-corrected chi connectivity index (χ3v) is 6.25. The number of nitrogens with one attached hydrogen (secondary N) is 2. The number of ether oxygens (including phenoxy) is 1. The summed E-state index contributed by atoms with van der Waals surface area (Å²) in [5.74, 6) is 0.332. The van der Waals surface area contributed by atoms with Crippen molar-refractivity contribution in [1.82, 2.24) is 20.1 Å². The Kier molecular flexibility index (Phi) is 7.70. The van der Waals surface area contributed by atoms with E-state index in [9.17, 15) is 9.30 Å². The largest absolute Gasteiger partial charge is 0.485 e. The van der Waals surface area contributed by atoms with Gasteiger partial charge < -0.3 is 10.1 Å². The Bertz CT molecular complexity index is 1280. The van der Waals surface area contributed by atoms with Crippen molar-refractivity contribution in [2.75, 3.05) is 7.05 Å². The lowest BCUT2D eigenvalue weighted by Gasteiger charge is -2.15. The molecule has 0 bridgehead atoms. The van der Waals surface area contributed by atoms with Crippen molar-refractivity contribution in [3.05, 3.63) is 86.0 Å². The highest BCUT2D eigenvalue weighted by Crippen LogP contribution is 2.31. The van der Waals surface area contributed by atoms with Crippen molar-refractivity contribution < 1.29 is 9.13 Å². The monoisotopic (exact) mass is 540 g/mol. The summed E-state index contributed by atoms with van der Waals surface area (Å²) in [5, 5.41) is 19.5. The molecule has 0 saturated heterocycles. The molecular formula is C25H26BrFN6O2. The zero-order chi connectivity index (χ0) is 24.9. The van der Waals surface area contributed by atoms with Crippen LogP contribution in [-0.2, 0) is 19.6 Å². The van der Waals surface area contributed by atoms with Crippen LogP contribution in [0, 0.1) is 29.0 Å². The Labute approximate surface area is 211 Å². The van der Waals surface area contributed by atoms with E-state index >= 15 is 0 Å². The molecule has 35 heavy (non-hydrogen) atoms. The van der Waals surface area contributed by atoms with E-state index in [1.165, 1.54) is 31.2 Å². The molecule has 1 aliphatic carbocycles. The summed E-state index contributed by atoms with van der Waals surface area (Å²) >= 11 is 3.29. The van der Waals surface area contributed by atoms with Gasteiger partial charge in [0.05, 0.1) is 11.4 Å². The molecule has 0 aliphatic heterocycles. The number of benzene rings is 1. The molecule has 8 nitrogen and oxygen atoms in total. The van der Waals surface area contributed by atoms with Crippen LogP contribution in [0.4, 0.5) is 10.2 Å². The second kappa shape index (κ2) is 10.9. The maximum absolute atomic E-state index is 14.2. The Morgan fingerprint density at radius 2 is 2.17 bits per heavy atom. The van der Waals surface area contributed by atoms with E-state index in [0.717, 1.165) is 23.4 Å². The maximum atomic E-state index is 14.2. The summed E-state index contributed by atoms with van der Waals surface area (Å²) in [4.78, 5) is 15.0. The van der Waals surface area contributed by atoms with Crippen molar-refractivity contribution in [2.45, 2.75) is 39.3 Å². The van der Waals surface area contributed by atoms with Gasteiger partial charge in [-0.1, -0.05) is 0 Å². The average Bonchev–Trinajstić information content (AvgIpc) is 3.58. The van der Waals surface area contributed by atoms with Crippen LogP contribution < -0.4 is 10.1 Å². The van der Waals surface area contributed by atoms with Crippen LogP contribution in [0.1, 0.15) is 35.2 Å². The van der Waals surface area contributed by atoms with Crippen LogP contribution in [0.15, 0.2) is 58.1 Å². The van der Waals surface area contributed by atoms with Gasteiger partial charge in [-0.25, -0.2) is 9.37 Å². The highest BCUT2D eigenvalue weighted by Gasteiger charge is 2.23. The zero-order valence-electron chi connectivity index (χ0n) is 19.5. The lowest BCUT2D eigenvalue weighted by atomic mass is 9.94. The van der Waals surface area contributed by atoms with Crippen LogP contribution in [0.5, 0.6) is 5.75 Å². The molecule has 0 spiro atoms. The first-order chi connectivity index (χ1) is 16.9. The fraction of sp³-hybridized carbons (Fsp3) is 0.320. The van der Waals surface area contributed by atoms with Gasteiger partial charge in [0, 0.05) is 54.2 Å². The molecule has 2 heterocycles. The second-order valence-electron chi connectivity index (χ2n) is 8.57. The van der Waals surface area contributed by atoms with E-state index in [-0.39, 0.29) is 23.9 Å². The van der Waals surface area contributed by atoms with Gasteiger partial charge in [0.2, 0.25) is 5.82 Å². The number of aromatic nitrogens is 3. The van der Waals surface area contributed by atoms with E-state index < -0.39 is 5.82 Å². The van der Waals surface area contributed by atoms with Crippen LogP contribution in [0.25, 0.3) is 0 Å². The van der Waals surface area contributed by atoms with E-state index in [1.54, 1.807) is 25.4 Å². The normalized spacial score (nSPS) is 13.5. The molecule has 3 aromatic rings. The molecule has 2 aromatic heterocycles. The number of rotatable bonds is 11. The topological polar surface area (TPSA) is 105 Å². The van der Waals surface area contributed by atoms with Crippen molar-refractivity contribution in [2.24, 2.45) is 11.1 Å². The first kappa shape index (κ1) is 24.7. The fourth-order valence-electron chi connectivity index (χ4n) is 3.82. The number of nitroso groups, excluding NO2 is 1. The van der Waals surface area contributed by atoms with Crippen molar-refractivity contribution in [3.63, 3.8) is 0 Å². The van der Waals surface area contributed by atoms with E-state index in [1.807, 2.05) is 17.8 Å². The van der Waals surface area contributed by atoms with Crippen molar-refractivity contribution in [3.8, 4) is 5.75 Å². The first-order valence-electron chi connectivity index (χ1n) is 11.3. The van der Waals surface area contributed by atoms with Crippen LogP contribution in [0.2, 0.25) is 0 Å². The second-order valence-corrected chi connectivity index (χ2v) is 9.49. The quantitative estimate of drug-likeness (QED) is 0.243. The standard InChI is InChI=1S/C25H26BrFN6O2/c1-15-18(13-33(31-15)12-16-3-4-16)7-17(10-29-2)24(28)22-6-5-21(27)8-19(22)14-35-23-9-20(26)11-30-25(23)32-34/h5-6,8-11,13,16,28-29H,3-4,7,12,14H2,1-2H3/b17-10-,28-24?. The minimum atomic E-state index is -0.447. The molecule has 182 valence electrons. The van der Waals surface area contributed by atoms with Gasteiger partial charge in [0.15, 0.2) is 5.75 Å². The van der Waals surface area contributed by atoms with Gasteiger partial charge in [0.25, 0.3) is 0 Å². The summed E-state index contributed by atoms with van der Waals surface area (Å²) in [5.41, 5.74) is 3.94. The predicted octanol–water partition coefficient (Wildman–Crippen LogP) is 5.59. The lowest BCUT2D eigenvalue weighted by molar-refractivity contribution is 0.305. The third kappa shape index (κ3) is 6.19. The van der Waals surface area contributed by atoms with E-state index in [4.69, 9.17) is 10.1 Å². The minimum Gasteiger partial charge on any atom is -0.485 e. The average molecular weight is 541 g/mol. The summed E-state index contributed by atoms with van der Waals surface area (Å²) in [6.07, 6.45) is 8.27. The van der Waals surface area contributed by atoms with E-state index in [0.29, 0.717) is 27.9 Å². The van der Waals surface area contributed by atoms with Gasteiger partial charge in [-0.3, -0.25) is 10.1 Å². The van der Waals surface area contributed by atoms with Gasteiger partial charge in [-0.15, -0.1) is 4.91 Å². The fourth-order valence-corrected chi connectivity index (χ4v) is 4.13. The summed E-state index contributed by atoms with van der Waals surface area (Å²) in [7, 11) is 1.78. The Hall–Kier alpha value is -3.40. The Morgan fingerprint density at radius 1 is 1.37 bits per heavy atom. The number of allylic oxidation sites excluding steroid dienone is 1. The molecule has 1 fully saturated rings. The molecule has 2 N–H and O–H groups in total. The van der Waals surface area contributed by atoms with Crippen molar-refractivity contribution >= 4 is 27.5 Å². The number of pyridine rings is 1. The lowest BCUT2D eigenvalue weighted by Crippen LogP contribution is -2.14. The third-order valence-electron chi connectivity index (χ3n) is 5.82. The minimum absolute atomic E-state index is 0.0681. The molecule has 0 amide bonds. The van der Waals surface area contributed by atoms with Crippen molar-refractivity contribution in [1.29, 1.82) is 5.41 Å². The molecular weight excluding hydrogens is 515 g/mol. The number of halogens is 2.